The maximum Gasteiger partial charge on any atom is 0.311 e. The third-order valence-electron chi connectivity index (χ3n) is 2.75. The molecule has 74 valence electrons. The van der Waals surface area contributed by atoms with E-state index in [1.807, 2.05) is 31.2 Å². The number of carboxylic acids is 1. The zero-order valence-corrected chi connectivity index (χ0v) is 8.03. The van der Waals surface area contributed by atoms with Gasteiger partial charge in [0.05, 0.1) is 5.92 Å². The van der Waals surface area contributed by atoms with Crippen molar-refractivity contribution < 1.29 is 9.90 Å². The Labute approximate surface area is 82.8 Å². The Hall–Kier alpha value is -1.51. The molecule has 1 aliphatic heterocycles. The summed E-state index contributed by atoms with van der Waals surface area (Å²) < 4.78 is 0. The fourth-order valence-corrected chi connectivity index (χ4v) is 2.00. The van der Waals surface area contributed by atoms with Gasteiger partial charge in [0, 0.05) is 12.2 Å². The molecule has 2 atom stereocenters. The molecule has 2 rings (SSSR count). The molecular formula is C11H13NO2. The molecule has 3 nitrogen and oxygen atoms in total. The Balaban J connectivity index is 2.46. The maximum absolute atomic E-state index is 11.1. The van der Waals surface area contributed by atoms with E-state index in [9.17, 15) is 4.79 Å². The van der Waals surface area contributed by atoms with Crippen LogP contribution in [-0.4, -0.2) is 17.6 Å². The van der Waals surface area contributed by atoms with E-state index in [4.69, 9.17) is 5.11 Å². The molecule has 1 aliphatic rings. The largest absolute Gasteiger partial charge is 0.481 e. The molecule has 1 aromatic rings. The van der Waals surface area contributed by atoms with Gasteiger partial charge in [0.15, 0.2) is 0 Å². The lowest BCUT2D eigenvalue weighted by atomic mass is 9.83. The number of benzene rings is 1. The van der Waals surface area contributed by atoms with Gasteiger partial charge in [0.1, 0.15) is 0 Å². The number of carbonyl (C=O) groups is 1. The summed E-state index contributed by atoms with van der Waals surface area (Å²) >= 11 is 0. The molecule has 0 radical (unpaired) electrons. The lowest BCUT2D eigenvalue weighted by Gasteiger charge is -2.29. The highest BCUT2D eigenvalue weighted by atomic mass is 16.4. The van der Waals surface area contributed by atoms with Crippen molar-refractivity contribution in [1.29, 1.82) is 0 Å². The van der Waals surface area contributed by atoms with Gasteiger partial charge in [0.25, 0.3) is 0 Å². The average Bonchev–Trinajstić information content (AvgIpc) is 2.17. The number of fused-ring (bicyclic) bond motifs is 1. The summed E-state index contributed by atoms with van der Waals surface area (Å²) in [6, 6.07) is 7.61. The van der Waals surface area contributed by atoms with Crippen LogP contribution in [0.15, 0.2) is 24.3 Å². The van der Waals surface area contributed by atoms with Gasteiger partial charge in [-0.3, -0.25) is 4.79 Å². The lowest BCUT2D eigenvalue weighted by molar-refractivity contribution is -0.140. The van der Waals surface area contributed by atoms with E-state index in [1.54, 1.807) is 0 Å². The molecule has 0 spiro atoms. The molecular weight excluding hydrogens is 178 g/mol. The van der Waals surface area contributed by atoms with Gasteiger partial charge in [-0.2, -0.15) is 0 Å². The molecule has 2 unspecified atom stereocenters. The third-order valence-corrected chi connectivity index (χ3v) is 2.75. The molecule has 0 aromatic heterocycles. The van der Waals surface area contributed by atoms with Crippen molar-refractivity contribution in [3.8, 4) is 0 Å². The third kappa shape index (κ3) is 1.35. The molecule has 0 aliphatic carbocycles. The predicted octanol–water partition coefficient (Wildman–Crippen LogP) is 1.92. The summed E-state index contributed by atoms with van der Waals surface area (Å²) in [5.74, 6) is -0.957. The van der Waals surface area contributed by atoms with Crippen molar-refractivity contribution in [2.75, 3.05) is 11.9 Å². The number of carboxylic acid groups (broad SMARTS) is 1. The number of anilines is 1. The lowest BCUT2D eigenvalue weighted by Crippen LogP contribution is -2.30. The van der Waals surface area contributed by atoms with Crippen molar-refractivity contribution in [3.05, 3.63) is 29.8 Å². The van der Waals surface area contributed by atoms with Crippen LogP contribution in [0.25, 0.3) is 0 Å². The molecule has 14 heavy (non-hydrogen) atoms. The average molecular weight is 191 g/mol. The molecule has 0 bridgehead atoms. The summed E-state index contributed by atoms with van der Waals surface area (Å²) in [5.41, 5.74) is 1.86. The van der Waals surface area contributed by atoms with Crippen LogP contribution in [0.2, 0.25) is 0 Å². The molecule has 1 aromatic carbocycles. The van der Waals surface area contributed by atoms with E-state index in [0.717, 1.165) is 17.8 Å². The SMILES string of the molecule is CC1CNc2ccccc2C1C(=O)O. The topological polar surface area (TPSA) is 49.3 Å². The molecule has 1 heterocycles. The molecule has 0 saturated heterocycles. The smallest absolute Gasteiger partial charge is 0.311 e. The molecule has 0 saturated carbocycles. The second kappa shape index (κ2) is 3.33. The van der Waals surface area contributed by atoms with Crippen molar-refractivity contribution >= 4 is 11.7 Å². The Bertz CT molecular complexity index is 362. The number of rotatable bonds is 1. The van der Waals surface area contributed by atoms with E-state index in [2.05, 4.69) is 5.32 Å². The Kier molecular flexibility index (Phi) is 2.15. The summed E-state index contributed by atoms with van der Waals surface area (Å²) in [6.07, 6.45) is 0. The van der Waals surface area contributed by atoms with Gasteiger partial charge in [0.2, 0.25) is 0 Å². The van der Waals surface area contributed by atoms with Crippen molar-refractivity contribution in [1.82, 2.24) is 0 Å². The summed E-state index contributed by atoms with van der Waals surface area (Å²) in [7, 11) is 0. The fraction of sp³-hybridized carbons (Fsp3) is 0.364. The number of para-hydroxylation sites is 1. The predicted molar refractivity (Wildman–Crippen MR) is 54.5 cm³/mol. The maximum atomic E-state index is 11.1. The first-order valence-corrected chi connectivity index (χ1v) is 4.75. The second-order valence-corrected chi connectivity index (χ2v) is 3.76. The highest BCUT2D eigenvalue weighted by molar-refractivity contribution is 5.80. The molecule has 0 fully saturated rings. The fourth-order valence-electron chi connectivity index (χ4n) is 2.00. The van der Waals surface area contributed by atoms with Crippen LogP contribution in [0.1, 0.15) is 18.4 Å². The number of hydrogen-bond acceptors (Lipinski definition) is 2. The number of aliphatic carboxylic acids is 1. The zero-order chi connectivity index (χ0) is 10.1. The molecule has 0 amide bonds. The van der Waals surface area contributed by atoms with Crippen LogP contribution in [0.4, 0.5) is 5.69 Å². The van der Waals surface area contributed by atoms with Gasteiger partial charge < -0.3 is 10.4 Å². The van der Waals surface area contributed by atoms with Gasteiger partial charge in [-0.25, -0.2) is 0 Å². The monoisotopic (exact) mass is 191 g/mol. The Morgan fingerprint density at radius 1 is 1.50 bits per heavy atom. The van der Waals surface area contributed by atoms with Crippen molar-refractivity contribution in [2.24, 2.45) is 5.92 Å². The standard InChI is InChI=1S/C11H13NO2/c1-7-6-12-9-5-3-2-4-8(9)10(7)11(13)14/h2-5,7,10,12H,6H2,1H3,(H,13,14). The Morgan fingerprint density at radius 3 is 2.93 bits per heavy atom. The first-order chi connectivity index (χ1) is 6.70. The minimum Gasteiger partial charge on any atom is -0.481 e. The summed E-state index contributed by atoms with van der Waals surface area (Å²) in [6.45, 7) is 2.69. The van der Waals surface area contributed by atoms with Gasteiger partial charge in [-0.1, -0.05) is 25.1 Å². The minimum absolute atomic E-state index is 0.141. The quantitative estimate of drug-likeness (QED) is 0.713. The zero-order valence-electron chi connectivity index (χ0n) is 8.03. The van der Waals surface area contributed by atoms with Crippen LogP contribution >= 0.6 is 0 Å². The highest BCUT2D eigenvalue weighted by Crippen LogP contribution is 2.34. The normalized spacial score (nSPS) is 24.9. The van der Waals surface area contributed by atoms with E-state index < -0.39 is 5.97 Å². The molecule has 3 heteroatoms. The van der Waals surface area contributed by atoms with Crippen LogP contribution in [0.5, 0.6) is 0 Å². The van der Waals surface area contributed by atoms with Crippen LogP contribution in [0, 0.1) is 5.92 Å². The van der Waals surface area contributed by atoms with Crippen LogP contribution < -0.4 is 5.32 Å². The van der Waals surface area contributed by atoms with Crippen molar-refractivity contribution in [2.45, 2.75) is 12.8 Å². The van der Waals surface area contributed by atoms with Gasteiger partial charge >= 0.3 is 5.97 Å². The van der Waals surface area contributed by atoms with Gasteiger partial charge in [-0.15, -0.1) is 0 Å². The number of nitrogens with one attached hydrogen (secondary N) is 1. The van der Waals surface area contributed by atoms with Crippen LogP contribution in [-0.2, 0) is 4.79 Å². The van der Waals surface area contributed by atoms with E-state index >= 15 is 0 Å². The Morgan fingerprint density at radius 2 is 2.21 bits per heavy atom. The first kappa shape index (κ1) is 9.06. The van der Waals surface area contributed by atoms with Crippen LogP contribution in [0.3, 0.4) is 0 Å². The highest BCUT2D eigenvalue weighted by Gasteiger charge is 2.31. The van der Waals surface area contributed by atoms with Gasteiger partial charge in [-0.05, 0) is 17.5 Å². The van der Waals surface area contributed by atoms with E-state index in [-0.39, 0.29) is 11.8 Å². The summed E-state index contributed by atoms with van der Waals surface area (Å²) in [4.78, 5) is 11.1. The number of hydrogen-bond donors (Lipinski definition) is 2. The second-order valence-electron chi connectivity index (χ2n) is 3.76. The first-order valence-electron chi connectivity index (χ1n) is 4.75. The van der Waals surface area contributed by atoms with E-state index in [1.165, 1.54) is 0 Å². The van der Waals surface area contributed by atoms with E-state index in [0.29, 0.717) is 0 Å². The minimum atomic E-state index is -0.730. The summed E-state index contributed by atoms with van der Waals surface area (Å²) in [5, 5.41) is 12.4. The molecule has 2 N–H and O–H groups in total. The van der Waals surface area contributed by atoms with Crippen molar-refractivity contribution in [3.63, 3.8) is 0 Å².